The molecular weight excluding hydrogens is 176 g/mol. The SMILES string of the molecule is C=C/C=C(C)\C=C/Cc1cccs1. The molecule has 1 heterocycles. The zero-order valence-electron chi connectivity index (χ0n) is 7.86. The van der Waals surface area contributed by atoms with Crippen molar-refractivity contribution in [2.24, 2.45) is 0 Å². The first-order chi connectivity index (χ1) is 6.33. The largest absolute Gasteiger partial charge is 0.149 e. The Labute approximate surface area is 83.9 Å². The van der Waals surface area contributed by atoms with Gasteiger partial charge in [-0.05, 0) is 18.4 Å². The highest BCUT2D eigenvalue weighted by atomic mass is 32.1. The van der Waals surface area contributed by atoms with E-state index in [-0.39, 0.29) is 0 Å². The zero-order valence-corrected chi connectivity index (χ0v) is 8.68. The Balaban J connectivity index is 2.42. The molecule has 13 heavy (non-hydrogen) atoms. The molecule has 1 aromatic heterocycles. The van der Waals surface area contributed by atoms with Crippen molar-refractivity contribution in [1.29, 1.82) is 0 Å². The molecule has 1 aromatic rings. The Morgan fingerprint density at radius 2 is 2.46 bits per heavy atom. The molecule has 0 aliphatic rings. The van der Waals surface area contributed by atoms with Gasteiger partial charge in [0.15, 0.2) is 0 Å². The van der Waals surface area contributed by atoms with E-state index in [1.807, 2.05) is 12.2 Å². The molecule has 1 heteroatoms. The average molecular weight is 190 g/mol. The van der Waals surface area contributed by atoms with Gasteiger partial charge in [0, 0.05) is 11.3 Å². The Morgan fingerprint density at radius 1 is 1.62 bits per heavy atom. The normalized spacial score (nSPS) is 12.2. The lowest BCUT2D eigenvalue weighted by atomic mass is 10.2. The van der Waals surface area contributed by atoms with Gasteiger partial charge in [0.1, 0.15) is 0 Å². The first-order valence-electron chi connectivity index (χ1n) is 4.31. The van der Waals surface area contributed by atoms with Gasteiger partial charge in [0.05, 0.1) is 0 Å². The van der Waals surface area contributed by atoms with Gasteiger partial charge in [-0.1, -0.05) is 42.5 Å². The maximum absolute atomic E-state index is 3.65. The lowest BCUT2D eigenvalue weighted by Gasteiger charge is -1.89. The summed E-state index contributed by atoms with van der Waals surface area (Å²) >= 11 is 1.80. The molecule has 0 saturated carbocycles. The van der Waals surface area contributed by atoms with Gasteiger partial charge in [-0.25, -0.2) is 0 Å². The van der Waals surface area contributed by atoms with Crippen LogP contribution in [0.2, 0.25) is 0 Å². The van der Waals surface area contributed by atoms with Crippen molar-refractivity contribution >= 4 is 11.3 Å². The van der Waals surface area contributed by atoms with Gasteiger partial charge in [-0.3, -0.25) is 0 Å². The van der Waals surface area contributed by atoms with Crippen LogP contribution >= 0.6 is 11.3 Å². The van der Waals surface area contributed by atoms with Gasteiger partial charge in [0.2, 0.25) is 0 Å². The first kappa shape index (κ1) is 10.0. The van der Waals surface area contributed by atoms with Crippen LogP contribution in [0.5, 0.6) is 0 Å². The molecule has 0 aliphatic heterocycles. The third kappa shape index (κ3) is 3.90. The van der Waals surface area contributed by atoms with Crippen LogP contribution in [0.15, 0.2) is 54.0 Å². The van der Waals surface area contributed by atoms with E-state index in [0.29, 0.717) is 0 Å². The predicted octanol–water partition coefficient (Wildman–Crippen LogP) is 3.98. The summed E-state index contributed by atoms with van der Waals surface area (Å²) in [6.45, 7) is 5.73. The van der Waals surface area contributed by atoms with Crippen molar-refractivity contribution in [3.05, 3.63) is 58.8 Å². The van der Waals surface area contributed by atoms with Gasteiger partial charge in [-0.2, -0.15) is 0 Å². The third-order valence-electron chi connectivity index (χ3n) is 1.66. The van der Waals surface area contributed by atoms with Crippen molar-refractivity contribution in [2.75, 3.05) is 0 Å². The van der Waals surface area contributed by atoms with Crippen molar-refractivity contribution in [1.82, 2.24) is 0 Å². The fourth-order valence-corrected chi connectivity index (χ4v) is 1.71. The van der Waals surface area contributed by atoms with Crippen LogP contribution in [0.1, 0.15) is 11.8 Å². The molecule has 0 atom stereocenters. The van der Waals surface area contributed by atoms with E-state index in [1.54, 1.807) is 11.3 Å². The Bertz CT molecular complexity index is 302. The number of allylic oxidation sites excluding steroid dienone is 5. The smallest absolute Gasteiger partial charge is 0.00829 e. The van der Waals surface area contributed by atoms with Crippen LogP contribution < -0.4 is 0 Å². The Kier molecular flexibility index (Phi) is 4.27. The van der Waals surface area contributed by atoms with Gasteiger partial charge < -0.3 is 0 Å². The third-order valence-corrected chi connectivity index (χ3v) is 2.56. The van der Waals surface area contributed by atoms with Gasteiger partial charge >= 0.3 is 0 Å². The summed E-state index contributed by atoms with van der Waals surface area (Å²) in [4.78, 5) is 1.41. The molecular formula is C12H14S. The van der Waals surface area contributed by atoms with Crippen LogP contribution in [-0.4, -0.2) is 0 Å². The van der Waals surface area contributed by atoms with Crippen LogP contribution in [0, 0.1) is 0 Å². The lowest BCUT2D eigenvalue weighted by Crippen LogP contribution is -1.72. The van der Waals surface area contributed by atoms with Gasteiger partial charge in [-0.15, -0.1) is 11.3 Å². The van der Waals surface area contributed by atoms with Crippen LogP contribution in [-0.2, 0) is 6.42 Å². The molecule has 0 amide bonds. The van der Waals surface area contributed by atoms with E-state index >= 15 is 0 Å². The van der Waals surface area contributed by atoms with Crippen molar-refractivity contribution in [2.45, 2.75) is 13.3 Å². The summed E-state index contributed by atoms with van der Waals surface area (Å²) in [5.41, 5.74) is 1.24. The summed E-state index contributed by atoms with van der Waals surface area (Å²) in [7, 11) is 0. The highest BCUT2D eigenvalue weighted by Crippen LogP contribution is 2.09. The lowest BCUT2D eigenvalue weighted by molar-refractivity contribution is 1.33. The summed E-state index contributed by atoms with van der Waals surface area (Å²) in [5, 5.41) is 2.11. The summed E-state index contributed by atoms with van der Waals surface area (Å²) in [6, 6.07) is 4.24. The van der Waals surface area contributed by atoms with Gasteiger partial charge in [0.25, 0.3) is 0 Å². The Morgan fingerprint density at radius 3 is 3.08 bits per heavy atom. The molecule has 0 bridgehead atoms. The molecule has 0 nitrogen and oxygen atoms in total. The topological polar surface area (TPSA) is 0 Å². The minimum Gasteiger partial charge on any atom is -0.149 e. The molecule has 0 aromatic carbocycles. The van der Waals surface area contributed by atoms with Crippen LogP contribution in [0.25, 0.3) is 0 Å². The predicted molar refractivity (Wildman–Crippen MR) is 61.1 cm³/mol. The summed E-state index contributed by atoms with van der Waals surface area (Å²) in [6.07, 6.45) is 9.15. The molecule has 0 aliphatic carbocycles. The van der Waals surface area contributed by atoms with E-state index in [9.17, 15) is 0 Å². The van der Waals surface area contributed by atoms with Crippen molar-refractivity contribution in [3.63, 3.8) is 0 Å². The molecule has 68 valence electrons. The van der Waals surface area contributed by atoms with Crippen LogP contribution in [0.4, 0.5) is 0 Å². The summed E-state index contributed by atoms with van der Waals surface area (Å²) < 4.78 is 0. The number of hydrogen-bond donors (Lipinski definition) is 0. The standard InChI is InChI=1S/C12H14S/c1-3-6-11(2)7-4-8-12-9-5-10-13-12/h3-7,9-10H,1,8H2,2H3/b7-4-,11-6-. The molecule has 0 radical (unpaired) electrons. The number of thiophene rings is 1. The zero-order chi connectivity index (χ0) is 9.52. The average Bonchev–Trinajstić information content (AvgIpc) is 2.57. The number of hydrogen-bond acceptors (Lipinski definition) is 1. The first-order valence-corrected chi connectivity index (χ1v) is 5.19. The van der Waals surface area contributed by atoms with E-state index in [2.05, 4.69) is 43.2 Å². The molecule has 0 N–H and O–H groups in total. The second kappa shape index (κ2) is 5.55. The molecule has 0 unspecified atom stereocenters. The van der Waals surface area contributed by atoms with Crippen molar-refractivity contribution < 1.29 is 0 Å². The van der Waals surface area contributed by atoms with Crippen molar-refractivity contribution in [3.8, 4) is 0 Å². The van der Waals surface area contributed by atoms with E-state index < -0.39 is 0 Å². The van der Waals surface area contributed by atoms with Crippen LogP contribution in [0.3, 0.4) is 0 Å². The molecule has 0 fully saturated rings. The fourth-order valence-electron chi connectivity index (χ4n) is 1.03. The number of rotatable bonds is 4. The van der Waals surface area contributed by atoms with E-state index in [4.69, 9.17) is 0 Å². The minimum atomic E-state index is 1.03. The summed E-state index contributed by atoms with van der Waals surface area (Å²) in [5.74, 6) is 0. The highest BCUT2D eigenvalue weighted by molar-refractivity contribution is 7.09. The molecule has 1 rings (SSSR count). The van der Waals surface area contributed by atoms with E-state index in [1.165, 1.54) is 10.5 Å². The maximum Gasteiger partial charge on any atom is 0.00829 e. The minimum absolute atomic E-state index is 1.03. The monoisotopic (exact) mass is 190 g/mol. The molecule has 0 saturated heterocycles. The maximum atomic E-state index is 3.65. The molecule has 0 spiro atoms. The Hall–Kier alpha value is -1.08. The second-order valence-electron chi connectivity index (χ2n) is 2.83. The second-order valence-corrected chi connectivity index (χ2v) is 3.86. The highest BCUT2D eigenvalue weighted by Gasteiger charge is 1.87. The quantitative estimate of drug-likeness (QED) is 0.630. The fraction of sp³-hybridized carbons (Fsp3) is 0.167. The van der Waals surface area contributed by atoms with E-state index in [0.717, 1.165) is 6.42 Å².